The number of anilines is 2. The van der Waals surface area contributed by atoms with Crippen LogP contribution in [0.3, 0.4) is 0 Å². The summed E-state index contributed by atoms with van der Waals surface area (Å²) in [6.07, 6.45) is 0. The summed E-state index contributed by atoms with van der Waals surface area (Å²) < 4.78 is 5.38. The summed E-state index contributed by atoms with van der Waals surface area (Å²) in [5.41, 5.74) is 2.27. The van der Waals surface area contributed by atoms with Crippen LogP contribution >= 0.6 is 0 Å². The van der Waals surface area contributed by atoms with Crippen molar-refractivity contribution in [3.05, 3.63) is 47.7 Å². The van der Waals surface area contributed by atoms with Gasteiger partial charge in [0, 0.05) is 11.4 Å². The van der Waals surface area contributed by atoms with Crippen LogP contribution in [0.2, 0.25) is 0 Å². The van der Waals surface area contributed by atoms with E-state index in [-0.39, 0.29) is 0 Å². The van der Waals surface area contributed by atoms with Crippen molar-refractivity contribution >= 4 is 11.5 Å². The summed E-state index contributed by atoms with van der Waals surface area (Å²) in [6, 6.07) is 13.3. The van der Waals surface area contributed by atoms with Crippen molar-refractivity contribution < 1.29 is 4.74 Å². The number of hydrogen-bond donors (Lipinski definition) is 1. The third-order valence-electron chi connectivity index (χ3n) is 2.58. The summed E-state index contributed by atoms with van der Waals surface area (Å²) in [6.45, 7) is 4.48. The molecule has 96 valence electrons. The molecule has 0 saturated carbocycles. The van der Waals surface area contributed by atoms with Crippen LogP contribution in [0.1, 0.15) is 18.2 Å². The van der Waals surface area contributed by atoms with Gasteiger partial charge in [-0.3, -0.25) is 0 Å². The van der Waals surface area contributed by atoms with Crippen LogP contribution in [0, 0.1) is 18.3 Å². The minimum absolute atomic E-state index is 0.527. The van der Waals surface area contributed by atoms with Crippen LogP contribution < -0.4 is 10.1 Å². The second-order valence-corrected chi connectivity index (χ2v) is 4.04. The predicted octanol–water partition coefficient (Wildman–Crippen LogP) is 3.40. The van der Waals surface area contributed by atoms with Gasteiger partial charge in [-0.15, -0.1) is 0 Å². The lowest BCUT2D eigenvalue weighted by Crippen LogP contribution is -1.98. The molecule has 0 bridgehead atoms. The molecular formula is C15H15N3O. The zero-order chi connectivity index (χ0) is 13.7. The summed E-state index contributed by atoms with van der Waals surface area (Å²) in [4.78, 5) is 4.33. The molecule has 2 rings (SSSR count). The molecule has 0 spiro atoms. The lowest BCUT2D eigenvalue weighted by atomic mass is 10.2. The Morgan fingerprint density at radius 2 is 1.95 bits per heavy atom. The highest BCUT2D eigenvalue weighted by Crippen LogP contribution is 2.21. The second kappa shape index (κ2) is 5.87. The Morgan fingerprint density at radius 3 is 2.58 bits per heavy atom. The Hall–Kier alpha value is -2.54. The molecule has 1 aromatic carbocycles. The molecule has 0 amide bonds. The smallest absolute Gasteiger partial charge is 0.148 e. The van der Waals surface area contributed by atoms with Gasteiger partial charge in [-0.05, 0) is 50.2 Å². The van der Waals surface area contributed by atoms with Crippen LogP contribution in [0.5, 0.6) is 5.75 Å². The van der Waals surface area contributed by atoms with Crippen LogP contribution in [0.15, 0.2) is 36.4 Å². The summed E-state index contributed by atoms with van der Waals surface area (Å²) in [5, 5.41) is 12.2. The second-order valence-electron chi connectivity index (χ2n) is 4.04. The van der Waals surface area contributed by atoms with Crippen molar-refractivity contribution in [3.63, 3.8) is 0 Å². The minimum atomic E-state index is 0.527. The maximum absolute atomic E-state index is 9.05. The fourth-order valence-electron chi connectivity index (χ4n) is 1.68. The van der Waals surface area contributed by atoms with Gasteiger partial charge in [-0.1, -0.05) is 0 Å². The summed E-state index contributed by atoms with van der Waals surface area (Å²) >= 11 is 0. The van der Waals surface area contributed by atoms with Crippen molar-refractivity contribution in [1.29, 1.82) is 5.26 Å². The van der Waals surface area contributed by atoms with Crippen molar-refractivity contribution in [3.8, 4) is 11.8 Å². The van der Waals surface area contributed by atoms with E-state index >= 15 is 0 Å². The van der Waals surface area contributed by atoms with Gasteiger partial charge in [0.05, 0.1) is 12.2 Å². The zero-order valence-corrected chi connectivity index (χ0v) is 11.0. The van der Waals surface area contributed by atoms with E-state index < -0.39 is 0 Å². The monoisotopic (exact) mass is 253 g/mol. The molecule has 0 aliphatic carbocycles. The third-order valence-corrected chi connectivity index (χ3v) is 2.58. The number of hydrogen-bond acceptors (Lipinski definition) is 4. The third kappa shape index (κ3) is 3.23. The molecular weight excluding hydrogens is 238 g/mol. The molecule has 1 aromatic heterocycles. The van der Waals surface area contributed by atoms with Crippen LogP contribution in [-0.4, -0.2) is 11.6 Å². The van der Waals surface area contributed by atoms with Gasteiger partial charge in [0.2, 0.25) is 0 Å². The van der Waals surface area contributed by atoms with E-state index in [0.717, 1.165) is 17.1 Å². The standard InChI is InChI=1S/C15H15N3O/c1-3-19-14-8-6-13(7-9-14)18-15-12(10-16)5-4-11(2)17-15/h4-9H,3H2,1-2H3,(H,17,18). The first-order chi connectivity index (χ1) is 9.22. The summed E-state index contributed by atoms with van der Waals surface area (Å²) in [5.74, 6) is 1.40. The highest BCUT2D eigenvalue weighted by molar-refractivity contribution is 5.63. The molecule has 4 heteroatoms. The average molecular weight is 253 g/mol. The normalized spacial score (nSPS) is 9.74. The number of aromatic nitrogens is 1. The predicted molar refractivity (Wildman–Crippen MR) is 74.6 cm³/mol. The first kappa shape index (κ1) is 12.9. The number of aryl methyl sites for hydroxylation is 1. The number of nitrogens with one attached hydrogen (secondary N) is 1. The number of rotatable bonds is 4. The molecule has 4 nitrogen and oxygen atoms in total. The molecule has 0 atom stereocenters. The number of pyridine rings is 1. The van der Waals surface area contributed by atoms with E-state index in [0.29, 0.717) is 18.0 Å². The van der Waals surface area contributed by atoms with E-state index in [2.05, 4.69) is 16.4 Å². The fraction of sp³-hybridized carbons (Fsp3) is 0.200. The topological polar surface area (TPSA) is 57.9 Å². The van der Waals surface area contributed by atoms with Crippen molar-refractivity contribution in [2.75, 3.05) is 11.9 Å². The molecule has 0 saturated heterocycles. The number of benzene rings is 1. The van der Waals surface area contributed by atoms with Gasteiger partial charge in [-0.25, -0.2) is 4.98 Å². The van der Waals surface area contributed by atoms with Gasteiger partial charge < -0.3 is 10.1 Å². The largest absolute Gasteiger partial charge is 0.494 e. The van der Waals surface area contributed by atoms with Gasteiger partial charge in [-0.2, -0.15) is 5.26 Å². The van der Waals surface area contributed by atoms with Crippen molar-refractivity contribution in [1.82, 2.24) is 4.98 Å². The number of nitriles is 1. The van der Waals surface area contributed by atoms with Gasteiger partial charge >= 0.3 is 0 Å². The molecule has 0 radical (unpaired) electrons. The summed E-state index contributed by atoms with van der Waals surface area (Å²) in [7, 11) is 0. The maximum Gasteiger partial charge on any atom is 0.148 e. The Kier molecular flexibility index (Phi) is 3.99. The van der Waals surface area contributed by atoms with E-state index in [1.54, 1.807) is 6.07 Å². The maximum atomic E-state index is 9.05. The number of ether oxygens (including phenoxy) is 1. The molecule has 1 N–H and O–H groups in total. The SMILES string of the molecule is CCOc1ccc(Nc2nc(C)ccc2C#N)cc1. The molecule has 19 heavy (non-hydrogen) atoms. The Morgan fingerprint density at radius 1 is 1.21 bits per heavy atom. The molecule has 2 aromatic rings. The lowest BCUT2D eigenvalue weighted by molar-refractivity contribution is 0.340. The quantitative estimate of drug-likeness (QED) is 0.907. The van der Waals surface area contributed by atoms with Gasteiger partial charge in [0.25, 0.3) is 0 Å². The van der Waals surface area contributed by atoms with Crippen molar-refractivity contribution in [2.24, 2.45) is 0 Å². The van der Waals surface area contributed by atoms with Crippen LogP contribution in [-0.2, 0) is 0 Å². The molecule has 0 fully saturated rings. The fourth-order valence-corrected chi connectivity index (χ4v) is 1.68. The van der Waals surface area contributed by atoms with Crippen LogP contribution in [0.4, 0.5) is 11.5 Å². The van der Waals surface area contributed by atoms with E-state index in [1.807, 2.05) is 44.2 Å². The number of nitrogens with zero attached hydrogens (tertiary/aromatic N) is 2. The molecule has 1 heterocycles. The van der Waals surface area contributed by atoms with E-state index in [4.69, 9.17) is 10.00 Å². The highest BCUT2D eigenvalue weighted by Gasteiger charge is 2.04. The van der Waals surface area contributed by atoms with Gasteiger partial charge in [0.15, 0.2) is 0 Å². The van der Waals surface area contributed by atoms with Crippen molar-refractivity contribution in [2.45, 2.75) is 13.8 Å². The molecule has 0 aliphatic heterocycles. The Labute approximate surface area is 112 Å². The Bertz CT molecular complexity index is 600. The van der Waals surface area contributed by atoms with E-state index in [1.165, 1.54) is 0 Å². The zero-order valence-electron chi connectivity index (χ0n) is 11.0. The highest BCUT2D eigenvalue weighted by atomic mass is 16.5. The first-order valence-corrected chi connectivity index (χ1v) is 6.10. The van der Waals surface area contributed by atoms with Crippen LogP contribution in [0.25, 0.3) is 0 Å². The minimum Gasteiger partial charge on any atom is -0.494 e. The molecule has 0 aliphatic rings. The first-order valence-electron chi connectivity index (χ1n) is 6.10. The average Bonchev–Trinajstić information content (AvgIpc) is 2.42. The molecule has 0 unspecified atom stereocenters. The Balaban J connectivity index is 2.21. The van der Waals surface area contributed by atoms with Gasteiger partial charge in [0.1, 0.15) is 17.6 Å². The van der Waals surface area contributed by atoms with E-state index in [9.17, 15) is 0 Å². The lowest BCUT2D eigenvalue weighted by Gasteiger charge is -2.09.